The van der Waals surface area contributed by atoms with Crippen LogP contribution in [0.15, 0.2) is 12.4 Å². The predicted octanol–water partition coefficient (Wildman–Crippen LogP) is 1.77. The van der Waals surface area contributed by atoms with Crippen molar-refractivity contribution in [2.24, 2.45) is 11.8 Å². The van der Waals surface area contributed by atoms with E-state index in [2.05, 4.69) is 34.3 Å². The Bertz CT molecular complexity index is 356. The van der Waals surface area contributed by atoms with Crippen molar-refractivity contribution in [3.63, 3.8) is 0 Å². The topological polar surface area (TPSA) is 67.1 Å². The van der Waals surface area contributed by atoms with E-state index in [1.54, 1.807) is 12.4 Å². The Morgan fingerprint density at radius 2 is 2.00 bits per heavy atom. The van der Waals surface area contributed by atoms with Gasteiger partial charge in [0.25, 0.3) is 0 Å². The van der Waals surface area contributed by atoms with Gasteiger partial charge in [-0.25, -0.2) is 10.8 Å². The van der Waals surface area contributed by atoms with Crippen molar-refractivity contribution < 1.29 is 0 Å². The monoisotopic (exact) mass is 249 g/mol. The van der Waals surface area contributed by atoms with Gasteiger partial charge < -0.3 is 5.43 Å². The fourth-order valence-corrected chi connectivity index (χ4v) is 2.58. The number of hydrogen-bond donors (Lipinski definition) is 2. The second kappa shape index (κ2) is 6.11. The van der Waals surface area contributed by atoms with Gasteiger partial charge >= 0.3 is 0 Å². The molecule has 5 nitrogen and oxygen atoms in total. The highest BCUT2D eigenvalue weighted by molar-refractivity contribution is 5.28. The maximum atomic E-state index is 5.27. The molecule has 3 N–H and O–H groups in total. The van der Waals surface area contributed by atoms with Crippen LogP contribution in [0.1, 0.15) is 38.3 Å². The second-order valence-electron chi connectivity index (χ2n) is 5.37. The fourth-order valence-electron chi connectivity index (χ4n) is 2.58. The van der Waals surface area contributed by atoms with E-state index < -0.39 is 0 Å². The molecule has 1 aliphatic carbocycles. The normalized spacial score (nSPS) is 24.2. The first kappa shape index (κ1) is 13.2. The molecule has 1 aromatic rings. The van der Waals surface area contributed by atoms with Crippen LogP contribution in [0.3, 0.4) is 0 Å². The molecule has 1 aliphatic rings. The molecule has 1 heterocycles. The first-order valence-corrected chi connectivity index (χ1v) is 6.67. The predicted molar refractivity (Wildman–Crippen MR) is 72.7 cm³/mol. The van der Waals surface area contributed by atoms with Crippen LogP contribution in [0.4, 0.5) is 5.82 Å². The van der Waals surface area contributed by atoms with Crippen molar-refractivity contribution in [1.82, 2.24) is 14.9 Å². The van der Waals surface area contributed by atoms with Gasteiger partial charge in [-0.05, 0) is 38.6 Å². The molecule has 100 valence electrons. The van der Waals surface area contributed by atoms with Crippen LogP contribution >= 0.6 is 0 Å². The molecule has 0 atom stereocenters. The van der Waals surface area contributed by atoms with Crippen LogP contribution in [-0.2, 0) is 6.54 Å². The summed E-state index contributed by atoms with van der Waals surface area (Å²) in [5, 5.41) is 0. The van der Waals surface area contributed by atoms with Crippen LogP contribution in [0, 0.1) is 5.92 Å². The smallest absolute Gasteiger partial charge is 0.158 e. The van der Waals surface area contributed by atoms with Crippen molar-refractivity contribution in [2.45, 2.75) is 45.2 Å². The van der Waals surface area contributed by atoms with Gasteiger partial charge in [-0.1, -0.05) is 6.92 Å². The van der Waals surface area contributed by atoms with Gasteiger partial charge in [0.2, 0.25) is 0 Å². The molecule has 0 amide bonds. The van der Waals surface area contributed by atoms with E-state index in [0.717, 1.165) is 18.2 Å². The van der Waals surface area contributed by atoms with E-state index in [9.17, 15) is 0 Å². The summed E-state index contributed by atoms with van der Waals surface area (Å²) < 4.78 is 0. The molecule has 2 rings (SSSR count). The molecule has 1 fully saturated rings. The number of nitrogens with zero attached hydrogens (tertiary/aromatic N) is 3. The Hall–Kier alpha value is -1.20. The Kier molecular flexibility index (Phi) is 4.49. The number of hydrazine groups is 1. The van der Waals surface area contributed by atoms with Crippen molar-refractivity contribution in [1.29, 1.82) is 0 Å². The van der Waals surface area contributed by atoms with Gasteiger partial charge in [-0.3, -0.25) is 9.88 Å². The maximum absolute atomic E-state index is 5.27. The SMILES string of the molecule is CC1CCC(N(C)Cc2cnc(NN)cn2)CC1. The lowest BCUT2D eigenvalue weighted by atomic mass is 9.87. The molecule has 18 heavy (non-hydrogen) atoms. The van der Waals surface area contributed by atoms with E-state index in [0.29, 0.717) is 11.9 Å². The van der Waals surface area contributed by atoms with Crippen molar-refractivity contribution >= 4 is 5.82 Å². The van der Waals surface area contributed by atoms with Crippen LogP contribution < -0.4 is 11.3 Å². The van der Waals surface area contributed by atoms with Crippen LogP contribution in [0.5, 0.6) is 0 Å². The minimum atomic E-state index is 0.605. The number of anilines is 1. The highest BCUT2D eigenvalue weighted by Gasteiger charge is 2.21. The van der Waals surface area contributed by atoms with Crippen molar-refractivity contribution in [3.8, 4) is 0 Å². The van der Waals surface area contributed by atoms with Gasteiger partial charge in [0.15, 0.2) is 5.82 Å². The highest BCUT2D eigenvalue weighted by Crippen LogP contribution is 2.26. The molecule has 0 radical (unpaired) electrons. The number of nitrogens with two attached hydrogens (primary N) is 1. The summed E-state index contributed by atoms with van der Waals surface area (Å²) >= 11 is 0. The van der Waals surface area contributed by atoms with Crippen LogP contribution in [0.25, 0.3) is 0 Å². The molecule has 0 aromatic carbocycles. The number of nitrogens with one attached hydrogen (secondary N) is 1. The maximum Gasteiger partial charge on any atom is 0.158 e. The summed E-state index contributed by atoms with van der Waals surface area (Å²) in [5.41, 5.74) is 3.48. The molecule has 0 spiro atoms. The van der Waals surface area contributed by atoms with Crippen molar-refractivity contribution in [3.05, 3.63) is 18.1 Å². The molecule has 1 saturated carbocycles. The van der Waals surface area contributed by atoms with Gasteiger partial charge in [0.1, 0.15) is 0 Å². The first-order chi connectivity index (χ1) is 8.69. The van der Waals surface area contributed by atoms with E-state index in [1.165, 1.54) is 25.7 Å². The molecule has 0 aliphatic heterocycles. The number of nitrogen functional groups attached to an aromatic ring is 1. The molecule has 0 bridgehead atoms. The zero-order valence-electron chi connectivity index (χ0n) is 11.3. The third kappa shape index (κ3) is 3.40. The van der Waals surface area contributed by atoms with Gasteiger partial charge in [0, 0.05) is 12.6 Å². The lowest BCUT2D eigenvalue weighted by Gasteiger charge is -2.33. The largest absolute Gasteiger partial charge is 0.307 e. The van der Waals surface area contributed by atoms with Gasteiger partial charge in [-0.2, -0.15) is 0 Å². The molecular weight excluding hydrogens is 226 g/mol. The van der Waals surface area contributed by atoms with E-state index >= 15 is 0 Å². The quantitative estimate of drug-likeness (QED) is 0.629. The Balaban J connectivity index is 1.87. The minimum absolute atomic E-state index is 0.605. The number of rotatable bonds is 4. The number of hydrogen-bond acceptors (Lipinski definition) is 5. The summed E-state index contributed by atoms with van der Waals surface area (Å²) in [7, 11) is 2.18. The average molecular weight is 249 g/mol. The third-order valence-electron chi connectivity index (χ3n) is 3.87. The summed E-state index contributed by atoms with van der Waals surface area (Å²) in [6, 6.07) is 0.690. The van der Waals surface area contributed by atoms with E-state index in [1.807, 2.05) is 0 Å². The fraction of sp³-hybridized carbons (Fsp3) is 0.692. The summed E-state index contributed by atoms with van der Waals surface area (Å²) in [6.07, 6.45) is 8.75. The van der Waals surface area contributed by atoms with E-state index in [4.69, 9.17) is 5.84 Å². The van der Waals surface area contributed by atoms with Crippen LogP contribution in [0.2, 0.25) is 0 Å². The molecule has 1 aromatic heterocycles. The molecule has 0 unspecified atom stereocenters. The zero-order valence-corrected chi connectivity index (χ0v) is 11.3. The Morgan fingerprint density at radius 1 is 1.28 bits per heavy atom. The molecule has 5 heteroatoms. The Morgan fingerprint density at radius 3 is 2.56 bits per heavy atom. The van der Waals surface area contributed by atoms with Gasteiger partial charge in [-0.15, -0.1) is 0 Å². The lowest BCUT2D eigenvalue weighted by molar-refractivity contribution is 0.162. The Labute approximate surface area is 109 Å². The standard InChI is InChI=1S/C13H23N5/c1-10-3-5-12(6-4-10)18(2)9-11-7-16-13(17-14)8-15-11/h7-8,10,12H,3-6,9,14H2,1-2H3,(H,16,17). The van der Waals surface area contributed by atoms with Gasteiger partial charge in [0.05, 0.1) is 18.1 Å². The lowest BCUT2D eigenvalue weighted by Crippen LogP contribution is -2.34. The molecular formula is C13H23N5. The first-order valence-electron chi connectivity index (χ1n) is 6.67. The minimum Gasteiger partial charge on any atom is -0.307 e. The average Bonchev–Trinajstić information content (AvgIpc) is 2.40. The van der Waals surface area contributed by atoms with Crippen LogP contribution in [-0.4, -0.2) is 28.0 Å². The highest BCUT2D eigenvalue weighted by atomic mass is 15.3. The third-order valence-corrected chi connectivity index (χ3v) is 3.87. The summed E-state index contributed by atoms with van der Waals surface area (Å²) in [4.78, 5) is 10.9. The summed E-state index contributed by atoms with van der Waals surface area (Å²) in [6.45, 7) is 3.21. The van der Waals surface area contributed by atoms with E-state index in [-0.39, 0.29) is 0 Å². The zero-order chi connectivity index (χ0) is 13.0. The second-order valence-corrected chi connectivity index (χ2v) is 5.37. The molecule has 0 saturated heterocycles. The summed E-state index contributed by atoms with van der Waals surface area (Å²) in [5.74, 6) is 6.77. The van der Waals surface area contributed by atoms with Crippen molar-refractivity contribution in [2.75, 3.05) is 12.5 Å². The number of aromatic nitrogens is 2.